The maximum atomic E-state index is 4.74. The summed E-state index contributed by atoms with van der Waals surface area (Å²) in [5, 5.41) is 11.9. The zero-order valence-corrected chi connectivity index (χ0v) is 16.8. The Balaban J connectivity index is 1.34. The molecular weight excluding hydrogens is 360 g/mol. The van der Waals surface area contributed by atoms with Gasteiger partial charge in [0.05, 0.1) is 6.20 Å². The van der Waals surface area contributed by atoms with Crippen LogP contribution in [0.5, 0.6) is 0 Å². The maximum Gasteiger partial charge on any atom is 0.252 e. The van der Waals surface area contributed by atoms with Crippen LogP contribution < -0.4 is 15.1 Å². The first-order valence-electron chi connectivity index (χ1n) is 10.5. The van der Waals surface area contributed by atoms with Crippen molar-refractivity contribution in [2.24, 2.45) is 0 Å². The van der Waals surface area contributed by atoms with Crippen LogP contribution in [0.25, 0.3) is 0 Å². The lowest BCUT2D eigenvalue weighted by Gasteiger charge is -2.28. The zero-order valence-electron chi connectivity index (χ0n) is 16.8. The van der Waals surface area contributed by atoms with E-state index in [-0.39, 0.29) is 0 Å². The van der Waals surface area contributed by atoms with Gasteiger partial charge >= 0.3 is 0 Å². The molecule has 148 valence electrons. The lowest BCUT2D eigenvalue weighted by molar-refractivity contribution is 0.578. The lowest BCUT2D eigenvalue weighted by atomic mass is 10.1. The van der Waals surface area contributed by atoms with E-state index in [0.29, 0.717) is 17.8 Å². The van der Waals surface area contributed by atoms with E-state index in [1.807, 2.05) is 0 Å². The first-order chi connectivity index (χ1) is 14.3. The van der Waals surface area contributed by atoms with E-state index in [2.05, 4.69) is 80.8 Å². The van der Waals surface area contributed by atoms with Crippen LogP contribution in [0.3, 0.4) is 0 Å². The second-order valence-corrected chi connectivity index (χ2v) is 7.91. The number of nitrogens with zero attached hydrogens (tertiary/aromatic N) is 5. The van der Waals surface area contributed by atoms with Gasteiger partial charge in [-0.2, -0.15) is 10.1 Å². The molecule has 1 aromatic heterocycles. The van der Waals surface area contributed by atoms with Gasteiger partial charge in [-0.1, -0.05) is 18.2 Å². The highest BCUT2D eigenvalue weighted by molar-refractivity contribution is 5.68. The van der Waals surface area contributed by atoms with Crippen LogP contribution in [0.15, 0.2) is 54.7 Å². The number of aromatic nitrogens is 3. The first-order valence-corrected chi connectivity index (χ1v) is 10.5. The molecule has 0 spiro atoms. The Morgan fingerprint density at radius 2 is 1.76 bits per heavy atom. The van der Waals surface area contributed by atoms with E-state index >= 15 is 0 Å². The number of fused-ring (bicyclic) bond motifs is 1. The van der Waals surface area contributed by atoms with Crippen molar-refractivity contribution in [1.29, 1.82) is 0 Å². The summed E-state index contributed by atoms with van der Waals surface area (Å²) < 4.78 is 0. The Labute approximate surface area is 171 Å². The van der Waals surface area contributed by atoms with E-state index in [4.69, 9.17) is 4.98 Å². The number of nitrogens with one attached hydrogen (secondary N) is 1. The summed E-state index contributed by atoms with van der Waals surface area (Å²) in [6, 6.07) is 17.3. The van der Waals surface area contributed by atoms with Crippen LogP contribution in [0.4, 0.5) is 28.8 Å². The van der Waals surface area contributed by atoms with Crippen LogP contribution in [0, 0.1) is 0 Å². The summed E-state index contributed by atoms with van der Waals surface area (Å²) >= 11 is 0. The fourth-order valence-corrected chi connectivity index (χ4v) is 4.38. The standard InChI is InChI=1S/C23H26N6/c1-17-15-18-7-3-4-8-21(18)29(17)23-26-22(16-24-27-23)25-19-9-11-20(12-10-19)28-13-5-2-6-14-28/h3-4,7-12,16-17H,2,5-6,13-15H2,1H3,(H,25,26,27). The van der Waals surface area contributed by atoms with Crippen molar-refractivity contribution in [2.75, 3.05) is 28.2 Å². The van der Waals surface area contributed by atoms with Crippen molar-refractivity contribution >= 4 is 28.8 Å². The molecule has 29 heavy (non-hydrogen) atoms. The van der Waals surface area contributed by atoms with Crippen molar-refractivity contribution in [3.05, 3.63) is 60.3 Å². The van der Waals surface area contributed by atoms with Gasteiger partial charge < -0.3 is 15.1 Å². The van der Waals surface area contributed by atoms with Gasteiger partial charge in [-0.25, -0.2) is 0 Å². The quantitative estimate of drug-likeness (QED) is 0.702. The Kier molecular flexibility index (Phi) is 4.76. The summed E-state index contributed by atoms with van der Waals surface area (Å²) in [4.78, 5) is 9.38. The second-order valence-electron chi connectivity index (χ2n) is 7.91. The van der Waals surface area contributed by atoms with E-state index in [1.54, 1.807) is 6.20 Å². The maximum absolute atomic E-state index is 4.74. The number of benzene rings is 2. The minimum Gasteiger partial charge on any atom is -0.372 e. The molecule has 1 saturated heterocycles. The van der Waals surface area contributed by atoms with Gasteiger partial charge in [-0.3, -0.25) is 0 Å². The van der Waals surface area contributed by atoms with Gasteiger partial charge in [0.15, 0.2) is 5.82 Å². The molecule has 1 unspecified atom stereocenters. The highest BCUT2D eigenvalue weighted by Gasteiger charge is 2.29. The Morgan fingerprint density at radius 1 is 0.966 bits per heavy atom. The van der Waals surface area contributed by atoms with E-state index in [0.717, 1.165) is 25.2 Å². The minimum atomic E-state index is 0.313. The second kappa shape index (κ2) is 7.70. The molecule has 3 aromatic rings. The molecule has 1 atom stereocenters. The molecule has 2 aromatic carbocycles. The van der Waals surface area contributed by atoms with Gasteiger partial charge in [0, 0.05) is 36.2 Å². The number of rotatable bonds is 4. The SMILES string of the molecule is CC1Cc2ccccc2N1c1nncc(Nc2ccc(N3CCCCC3)cc2)n1. The van der Waals surface area contributed by atoms with Gasteiger partial charge in [-0.05, 0) is 68.5 Å². The van der Waals surface area contributed by atoms with E-state index < -0.39 is 0 Å². The highest BCUT2D eigenvalue weighted by Crippen LogP contribution is 2.36. The Hall–Kier alpha value is -3.15. The molecule has 6 nitrogen and oxygen atoms in total. The number of piperidine rings is 1. The normalized spacial score (nSPS) is 18.6. The van der Waals surface area contributed by atoms with Crippen molar-refractivity contribution in [3.8, 4) is 0 Å². The van der Waals surface area contributed by atoms with Crippen molar-refractivity contribution in [2.45, 2.75) is 38.6 Å². The number of hydrogen-bond donors (Lipinski definition) is 1. The third kappa shape index (κ3) is 3.62. The van der Waals surface area contributed by atoms with Crippen LogP contribution in [-0.2, 0) is 6.42 Å². The smallest absolute Gasteiger partial charge is 0.252 e. The topological polar surface area (TPSA) is 57.2 Å². The lowest BCUT2D eigenvalue weighted by Crippen LogP contribution is -2.29. The molecule has 1 fully saturated rings. The number of para-hydroxylation sites is 1. The van der Waals surface area contributed by atoms with Gasteiger partial charge in [0.2, 0.25) is 0 Å². The summed E-state index contributed by atoms with van der Waals surface area (Å²) in [5.74, 6) is 1.34. The third-order valence-corrected chi connectivity index (χ3v) is 5.83. The Bertz CT molecular complexity index is 981. The largest absolute Gasteiger partial charge is 0.372 e. The van der Waals surface area contributed by atoms with E-state index in [1.165, 1.54) is 36.2 Å². The molecular formula is C23H26N6. The van der Waals surface area contributed by atoms with Crippen LogP contribution >= 0.6 is 0 Å². The van der Waals surface area contributed by atoms with Gasteiger partial charge in [-0.15, -0.1) is 5.10 Å². The molecule has 1 N–H and O–H groups in total. The molecule has 0 saturated carbocycles. The fourth-order valence-electron chi connectivity index (χ4n) is 4.38. The molecule has 0 amide bonds. The monoisotopic (exact) mass is 386 g/mol. The van der Waals surface area contributed by atoms with Crippen molar-refractivity contribution < 1.29 is 0 Å². The third-order valence-electron chi connectivity index (χ3n) is 5.83. The Morgan fingerprint density at radius 3 is 2.59 bits per heavy atom. The van der Waals surface area contributed by atoms with Crippen LogP contribution in [0.1, 0.15) is 31.7 Å². The summed E-state index contributed by atoms with van der Waals surface area (Å²) in [6.45, 7) is 4.51. The molecule has 0 bridgehead atoms. The molecule has 6 heteroatoms. The molecule has 3 heterocycles. The summed E-state index contributed by atoms with van der Waals surface area (Å²) in [5.41, 5.74) is 4.80. The highest BCUT2D eigenvalue weighted by atomic mass is 15.4. The van der Waals surface area contributed by atoms with Crippen molar-refractivity contribution in [3.63, 3.8) is 0 Å². The first kappa shape index (κ1) is 17.9. The fraction of sp³-hybridized carbons (Fsp3) is 0.348. The predicted molar refractivity (Wildman–Crippen MR) is 117 cm³/mol. The zero-order chi connectivity index (χ0) is 19.6. The average Bonchev–Trinajstić information content (AvgIpc) is 3.11. The summed E-state index contributed by atoms with van der Waals surface area (Å²) in [6.07, 6.45) is 6.59. The molecule has 0 radical (unpaired) electrons. The predicted octanol–water partition coefficient (Wildman–Crippen LogP) is 4.69. The number of anilines is 5. The molecule has 0 aliphatic carbocycles. The average molecular weight is 387 g/mol. The van der Waals surface area contributed by atoms with Crippen LogP contribution in [-0.4, -0.2) is 34.3 Å². The van der Waals surface area contributed by atoms with E-state index in [9.17, 15) is 0 Å². The molecule has 5 rings (SSSR count). The molecule has 2 aliphatic heterocycles. The van der Waals surface area contributed by atoms with Gasteiger partial charge in [0.1, 0.15) is 0 Å². The summed E-state index contributed by atoms with van der Waals surface area (Å²) in [7, 11) is 0. The molecule has 2 aliphatic rings. The van der Waals surface area contributed by atoms with Crippen molar-refractivity contribution in [1.82, 2.24) is 15.2 Å². The minimum absolute atomic E-state index is 0.313. The van der Waals surface area contributed by atoms with Crippen LogP contribution in [0.2, 0.25) is 0 Å². The van der Waals surface area contributed by atoms with Gasteiger partial charge in [0.25, 0.3) is 5.95 Å². The number of hydrogen-bond acceptors (Lipinski definition) is 6.